The predicted octanol–water partition coefficient (Wildman–Crippen LogP) is 2.31. The molecular weight excluding hydrogens is 219 g/mol. The number of nitrogens with zero attached hydrogens (tertiary/aromatic N) is 1. The normalized spacial score (nSPS) is 17.2. The molecule has 16 heavy (non-hydrogen) atoms. The number of hydrogen-bond acceptors (Lipinski definition) is 2. The van der Waals surface area contributed by atoms with Crippen molar-refractivity contribution in [2.45, 2.75) is 19.1 Å². The molecular formula is C11H12F3NO. The van der Waals surface area contributed by atoms with Gasteiger partial charge in [0.25, 0.3) is 0 Å². The second-order valence-corrected chi connectivity index (χ2v) is 4.03. The van der Waals surface area contributed by atoms with Crippen LogP contribution in [0.3, 0.4) is 0 Å². The topological polar surface area (TPSA) is 23.5 Å². The highest BCUT2D eigenvalue weighted by Crippen LogP contribution is 2.25. The van der Waals surface area contributed by atoms with E-state index < -0.39 is 12.7 Å². The quantitative estimate of drug-likeness (QED) is 0.801. The second-order valence-electron chi connectivity index (χ2n) is 4.03. The minimum Gasteiger partial charge on any atom is -0.508 e. The minimum atomic E-state index is -4.14. The number of fused-ring (bicyclic) bond motifs is 1. The van der Waals surface area contributed by atoms with Crippen molar-refractivity contribution >= 4 is 0 Å². The highest BCUT2D eigenvalue weighted by Gasteiger charge is 2.31. The van der Waals surface area contributed by atoms with Crippen LogP contribution in [-0.4, -0.2) is 29.3 Å². The molecule has 1 heterocycles. The minimum absolute atomic E-state index is 0.169. The molecule has 2 nitrogen and oxygen atoms in total. The molecule has 5 heteroatoms. The number of aromatic hydroxyl groups is 1. The third kappa shape index (κ3) is 2.66. The Morgan fingerprint density at radius 1 is 1.25 bits per heavy atom. The summed E-state index contributed by atoms with van der Waals surface area (Å²) in [7, 11) is 0. The van der Waals surface area contributed by atoms with E-state index in [0.717, 1.165) is 11.1 Å². The fourth-order valence-electron chi connectivity index (χ4n) is 1.99. The Labute approximate surface area is 91.3 Å². The van der Waals surface area contributed by atoms with Gasteiger partial charge in [-0.15, -0.1) is 0 Å². The van der Waals surface area contributed by atoms with Crippen LogP contribution in [0.2, 0.25) is 0 Å². The molecule has 0 unspecified atom stereocenters. The summed E-state index contributed by atoms with van der Waals surface area (Å²) >= 11 is 0. The molecule has 1 aromatic rings. The van der Waals surface area contributed by atoms with E-state index in [1.54, 1.807) is 12.1 Å². The van der Waals surface area contributed by atoms with Gasteiger partial charge in [-0.2, -0.15) is 13.2 Å². The van der Waals surface area contributed by atoms with Gasteiger partial charge in [0.15, 0.2) is 0 Å². The zero-order chi connectivity index (χ0) is 11.8. The van der Waals surface area contributed by atoms with Gasteiger partial charge in [0, 0.05) is 13.1 Å². The number of rotatable bonds is 1. The number of alkyl halides is 3. The Balaban J connectivity index is 2.09. The van der Waals surface area contributed by atoms with Crippen LogP contribution in [0, 0.1) is 0 Å². The molecule has 1 aliphatic rings. The average molecular weight is 231 g/mol. The van der Waals surface area contributed by atoms with Gasteiger partial charge in [0.2, 0.25) is 0 Å². The fourth-order valence-corrected chi connectivity index (χ4v) is 1.99. The second kappa shape index (κ2) is 3.97. The van der Waals surface area contributed by atoms with E-state index in [9.17, 15) is 18.3 Å². The number of phenolic OH excluding ortho intramolecular Hbond substituents is 1. The third-order valence-corrected chi connectivity index (χ3v) is 2.68. The molecule has 1 aliphatic heterocycles. The molecule has 0 fully saturated rings. The Kier molecular flexibility index (Phi) is 2.80. The molecule has 0 aliphatic carbocycles. The van der Waals surface area contributed by atoms with E-state index in [-0.39, 0.29) is 5.75 Å². The smallest absolute Gasteiger partial charge is 0.401 e. The van der Waals surface area contributed by atoms with Gasteiger partial charge in [0.05, 0.1) is 6.54 Å². The highest BCUT2D eigenvalue weighted by molar-refractivity contribution is 5.36. The van der Waals surface area contributed by atoms with Crippen LogP contribution in [-0.2, 0) is 13.0 Å². The van der Waals surface area contributed by atoms with Crippen LogP contribution in [0.5, 0.6) is 5.75 Å². The van der Waals surface area contributed by atoms with Crippen LogP contribution >= 0.6 is 0 Å². The molecule has 0 saturated heterocycles. The molecule has 2 rings (SSSR count). The van der Waals surface area contributed by atoms with Crippen molar-refractivity contribution in [1.82, 2.24) is 4.90 Å². The third-order valence-electron chi connectivity index (χ3n) is 2.68. The molecule has 1 aromatic carbocycles. The first-order valence-corrected chi connectivity index (χ1v) is 5.04. The van der Waals surface area contributed by atoms with Crippen molar-refractivity contribution < 1.29 is 18.3 Å². The van der Waals surface area contributed by atoms with Gasteiger partial charge >= 0.3 is 6.18 Å². The first-order valence-electron chi connectivity index (χ1n) is 5.04. The molecule has 0 bridgehead atoms. The van der Waals surface area contributed by atoms with E-state index >= 15 is 0 Å². The van der Waals surface area contributed by atoms with Gasteiger partial charge in [-0.05, 0) is 29.7 Å². The monoisotopic (exact) mass is 231 g/mol. The van der Waals surface area contributed by atoms with Crippen molar-refractivity contribution in [1.29, 1.82) is 0 Å². The van der Waals surface area contributed by atoms with Crippen molar-refractivity contribution in [2.24, 2.45) is 0 Å². The van der Waals surface area contributed by atoms with Gasteiger partial charge in [0.1, 0.15) is 5.75 Å². The van der Waals surface area contributed by atoms with Crippen LogP contribution in [0.25, 0.3) is 0 Å². The summed E-state index contributed by atoms with van der Waals surface area (Å²) in [6.07, 6.45) is -3.59. The van der Waals surface area contributed by atoms with Gasteiger partial charge in [-0.1, -0.05) is 6.07 Å². The van der Waals surface area contributed by atoms with Crippen LogP contribution < -0.4 is 0 Å². The average Bonchev–Trinajstić information content (AvgIpc) is 2.16. The van der Waals surface area contributed by atoms with E-state index in [0.29, 0.717) is 19.5 Å². The number of phenols is 1. The molecule has 0 aromatic heterocycles. The first kappa shape index (κ1) is 11.3. The lowest BCUT2D eigenvalue weighted by Gasteiger charge is -2.29. The lowest BCUT2D eigenvalue weighted by Crippen LogP contribution is -2.37. The fraction of sp³-hybridized carbons (Fsp3) is 0.455. The Morgan fingerprint density at radius 3 is 2.69 bits per heavy atom. The first-order chi connectivity index (χ1) is 7.44. The summed E-state index contributed by atoms with van der Waals surface area (Å²) in [5.74, 6) is 0.169. The Bertz CT molecular complexity index is 389. The summed E-state index contributed by atoms with van der Waals surface area (Å²) < 4.78 is 36.6. The summed E-state index contributed by atoms with van der Waals surface area (Å²) in [5.41, 5.74) is 1.81. The number of halogens is 3. The Morgan fingerprint density at radius 2 is 2.00 bits per heavy atom. The summed E-state index contributed by atoms with van der Waals surface area (Å²) in [4.78, 5) is 1.37. The largest absolute Gasteiger partial charge is 0.508 e. The standard InChI is InChI=1S/C11H12F3NO/c12-11(13,14)7-15-4-3-8-5-10(16)2-1-9(8)6-15/h1-2,5,16H,3-4,6-7H2. The van der Waals surface area contributed by atoms with Crippen LogP contribution in [0.15, 0.2) is 18.2 Å². The van der Waals surface area contributed by atoms with Crippen LogP contribution in [0.1, 0.15) is 11.1 Å². The zero-order valence-corrected chi connectivity index (χ0v) is 8.59. The zero-order valence-electron chi connectivity index (χ0n) is 8.59. The SMILES string of the molecule is Oc1ccc2c(c1)CCN(CC(F)(F)F)C2. The maximum Gasteiger partial charge on any atom is 0.401 e. The number of hydrogen-bond donors (Lipinski definition) is 1. The van der Waals surface area contributed by atoms with Crippen molar-refractivity contribution in [3.05, 3.63) is 29.3 Å². The van der Waals surface area contributed by atoms with E-state index in [4.69, 9.17) is 0 Å². The lowest BCUT2D eigenvalue weighted by molar-refractivity contribution is -0.147. The highest BCUT2D eigenvalue weighted by atomic mass is 19.4. The van der Waals surface area contributed by atoms with Crippen molar-refractivity contribution in [2.75, 3.05) is 13.1 Å². The predicted molar refractivity (Wildman–Crippen MR) is 53.1 cm³/mol. The molecule has 0 radical (unpaired) electrons. The number of benzene rings is 1. The maximum absolute atomic E-state index is 12.2. The Hall–Kier alpha value is -1.23. The van der Waals surface area contributed by atoms with Crippen molar-refractivity contribution in [3.8, 4) is 5.75 Å². The summed E-state index contributed by atoms with van der Waals surface area (Å²) in [5, 5.41) is 9.25. The van der Waals surface area contributed by atoms with Gasteiger partial charge in [-0.3, -0.25) is 4.90 Å². The van der Waals surface area contributed by atoms with E-state index in [2.05, 4.69) is 0 Å². The molecule has 88 valence electrons. The van der Waals surface area contributed by atoms with Crippen LogP contribution in [0.4, 0.5) is 13.2 Å². The molecule has 0 spiro atoms. The maximum atomic E-state index is 12.2. The van der Waals surface area contributed by atoms with Gasteiger partial charge in [-0.25, -0.2) is 0 Å². The lowest BCUT2D eigenvalue weighted by atomic mass is 9.99. The van der Waals surface area contributed by atoms with Gasteiger partial charge < -0.3 is 5.11 Å². The summed E-state index contributed by atoms with van der Waals surface area (Å²) in [6.45, 7) is -0.182. The van der Waals surface area contributed by atoms with E-state index in [1.807, 2.05) is 0 Å². The van der Waals surface area contributed by atoms with Crippen molar-refractivity contribution in [3.63, 3.8) is 0 Å². The molecule has 0 saturated carbocycles. The molecule has 1 N–H and O–H groups in total. The summed E-state index contributed by atoms with van der Waals surface area (Å²) in [6, 6.07) is 4.82. The molecule has 0 atom stereocenters. The van der Waals surface area contributed by atoms with E-state index in [1.165, 1.54) is 11.0 Å². The molecule has 0 amide bonds.